The maximum atomic E-state index is 12.8. The summed E-state index contributed by atoms with van der Waals surface area (Å²) in [5.74, 6) is 0.799. The minimum Gasteiger partial charge on any atom is -0.383 e. The molecular formula is C20H22N8OS. The van der Waals surface area contributed by atoms with Crippen molar-refractivity contribution in [2.75, 3.05) is 17.6 Å². The zero-order valence-electron chi connectivity index (χ0n) is 16.7. The van der Waals surface area contributed by atoms with Crippen LogP contribution in [0.25, 0.3) is 15.9 Å². The van der Waals surface area contributed by atoms with Crippen LogP contribution in [-0.4, -0.2) is 43.5 Å². The fourth-order valence-corrected chi connectivity index (χ4v) is 4.08. The number of para-hydroxylation sites is 1. The highest BCUT2D eigenvalue weighted by Crippen LogP contribution is 2.28. The number of rotatable bonds is 7. The van der Waals surface area contributed by atoms with E-state index in [1.165, 1.54) is 4.80 Å². The molecule has 1 aromatic carbocycles. The molecule has 0 aliphatic rings. The second kappa shape index (κ2) is 8.46. The third-order valence-electron chi connectivity index (χ3n) is 4.67. The van der Waals surface area contributed by atoms with Crippen molar-refractivity contribution in [2.24, 2.45) is 0 Å². The summed E-state index contributed by atoms with van der Waals surface area (Å²) in [5, 5.41) is 17.4. The molecule has 0 bridgehead atoms. The maximum Gasteiger partial charge on any atom is 0.253 e. The molecule has 0 fully saturated rings. The van der Waals surface area contributed by atoms with Gasteiger partial charge in [-0.3, -0.25) is 4.79 Å². The van der Waals surface area contributed by atoms with E-state index in [4.69, 9.17) is 5.73 Å². The number of nitrogens with zero attached hydrogens (tertiary/aromatic N) is 5. The molecule has 4 aromatic rings. The topological polar surface area (TPSA) is 124 Å². The second-order valence-electron chi connectivity index (χ2n) is 6.96. The largest absolute Gasteiger partial charge is 0.383 e. The van der Waals surface area contributed by atoms with E-state index in [-0.39, 0.29) is 11.9 Å². The molecule has 10 heteroatoms. The highest BCUT2D eigenvalue weighted by molar-refractivity contribution is 7.17. The lowest BCUT2D eigenvalue weighted by Gasteiger charge is -2.16. The van der Waals surface area contributed by atoms with Crippen molar-refractivity contribution < 1.29 is 4.79 Å². The molecule has 0 unspecified atom stereocenters. The zero-order chi connectivity index (χ0) is 21.1. The van der Waals surface area contributed by atoms with Gasteiger partial charge in [0.05, 0.1) is 29.0 Å². The van der Waals surface area contributed by atoms with E-state index in [0.29, 0.717) is 36.0 Å². The second-order valence-corrected chi connectivity index (χ2v) is 7.82. The Kier molecular flexibility index (Phi) is 5.57. The first-order chi connectivity index (χ1) is 14.5. The van der Waals surface area contributed by atoms with Gasteiger partial charge in [-0.1, -0.05) is 12.1 Å². The molecule has 30 heavy (non-hydrogen) atoms. The van der Waals surface area contributed by atoms with Gasteiger partial charge in [-0.15, -0.1) is 11.3 Å². The Morgan fingerprint density at radius 2 is 2.00 bits per heavy atom. The summed E-state index contributed by atoms with van der Waals surface area (Å²) in [5.41, 5.74) is 8.30. The normalized spacial score (nSPS) is 12.1. The molecule has 0 aliphatic carbocycles. The third kappa shape index (κ3) is 4.08. The van der Waals surface area contributed by atoms with Crippen LogP contribution in [0.1, 0.15) is 29.3 Å². The van der Waals surface area contributed by atoms with Crippen LogP contribution in [-0.2, 0) is 0 Å². The highest BCUT2D eigenvalue weighted by Gasteiger charge is 2.16. The van der Waals surface area contributed by atoms with Crippen molar-refractivity contribution in [3.05, 3.63) is 53.2 Å². The van der Waals surface area contributed by atoms with Crippen LogP contribution in [0.3, 0.4) is 0 Å². The van der Waals surface area contributed by atoms with Crippen molar-refractivity contribution in [1.29, 1.82) is 0 Å². The number of benzene rings is 1. The van der Waals surface area contributed by atoms with Gasteiger partial charge in [-0.05, 0) is 43.3 Å². The van der Waals surface area contributed by atoms with Gasteiger partial charge < -0.3 is 16.4 Å². The van der Waals surface area contributed by atoms with E-state index >= 15 is 0 Å². The average Bonchev–Trinajstić information content (AvgIpc) is 3.38. The van der Waals surface area contributed by atoms with Crippen LogP contribution in [0.15, 0.2) is 42.0 Å². The Bertz CT molecular complexity index is 1170. The lowest BCUT2D eigenvalue weighted by Crippen LogP contribution is -2.34. The van der Waals surface area contributed by atoms with Gasteiger partial charge in [-0.2, -0.15) is 20.0 Å². The van der Waals surface area contributed by atoms with E-state index in [1.807, 2.05) is 37.4 Å². The molecule has 4 N–H and O–H groups in total. The number of carbonyl (C=O) groups excluding carboxylic acids is 1. The van der Waals surface area contributed by atoms with Crippen LogP contribution in [0.2, 0.25) is 0 Å². The summed E-state index contributed by atoms with van der Waals surface area (Å²) < 4.78 is 0. The first-order valence-electron chi connectivity index (χ1n) is 9.54. The average molecular weight is 423 g/mol. The third-order valence-corrected chi connectivity index (χ3v) is 5.66. The van der Waals surface area contributed by atoms with Gasteiger partial charge in [0, 0.05) is 12.6 Å². The Labute approximate surface area is 177 Å². The molecule has 154 valence electrons. The lowest BCUT2D eigenvalue weighted by molar-refractivity contribution is 0.0938. The minimum atomic E-state index is -0.175. The molecular weight excluding hydrogens is 400 g/mol. The molecule has 1 amide bonds. The van der Waals surface area contributed by atoms with Gasteiger partial charge in [-0.25, -0.2) is 4.98 Å². The molecule has 3 heterocycles. The monoisotopic (exact) mass is 422 g/mol. The van der Waals surface area contributed by atoms with Gasteiger partial charge in [0.2, 0.25) is 5.95 Å². The van der Waals surface area contributed by atoms with Gasteiger partial charge in [0.15, 0.2) is 0 Å². The zero-order valence-corrected chi connectivity index (χ0v) is 17.5. The predicted octanol–water partition coefficient (Wildman–Crippen LogP) is 2.78. The fourth-order valence-electron chi connectivity index (χ4n) is 3.15. The quantitative estimate of drug-likeness (QED) is 0.418. The minimum absolute atomic E-state index is 0.0614. The summed E-state index contributed by atoms with van der Waals surface area (Å²) in [7, 11) is 0. The number of nitrogens with two attached hydrogens (primary N) is 1. The number of thiophene rings is 1. The molecule has 4 rings (SSSR count). The first-order valence-corrected chi connectivity index (χ1v) is 10.4. The molecule has 0 aliphatic heterocycles. The SMILES string of the molecule is Cc1csc2nc(NCC[C@@H](C)NC(=O)c3ccccc3-n3nccn3)nc(N)c12. The summed E-state index contributed by atoms with van der Waals surface area (Å²) in [6.07, 6.45) is 3.85. The Balaban J connectivity index is 1.36. The number of anilines is 2. The van der Waals surface area contributed by atoms with Crippen molar-refractivity contribution in [3.8, 4) is 5.69 Å². The van der Waals surface area contributed by atoms with Crippen LogP contribution in [0, 0.1) is 6.92 Å². The summed E-state index contributed by atoms with van der Waals surface area (Å²) >= 11 is 1.55. The molecule has 0 saturated heterocycles. The van der Waals surface area contributed by atoms with Crippen LogP contribution < -0.4 is 16.4 Å². The van der Waals surface area contributed by atoms with Gasteiger partial charge >= 0.3 is 0 Å². The molecule has 0 radical (unpaired) electrons. The summed E-state index contributed by atoms with van der Waals surface area (Å²) in [6, 6.07) is 7.17. The van der Waals surface area contributed by atoms with Crippen molar-refractivity contribution in [2.45, 2.75) is 26.3 Å². The van der Waals surface area contributed by atoms with Crippen molar-refractivity contribution in [3.63, 3.8) is 0 Å². The number of nitrogens with one attached hydrogen (secondary N) is 2. The Hall–Kier alpha value is -3.53. The van der Waals surface area contributed by atoms with E-state index in [1.54, 1.807) is 29.8 Å². The van der Waals surface area contributed by atoms with Crippen LogP contribution in [0.4, 0.5) is 11.8 Å². The molecule has 0 spiro atoms. The van der Waals surface area contributed by atoms with Crippen LogP contribution >= 0.6 is 11.3 Å². The maximum absolute atomic E-state index is 12.8. The summed E-state index contributed by atoms with van der Waals surface area (Å²) in [4.78, 5) is 23.9. The van der Waals surface area contributed by atoms with E-state index in [0.717, 1.165) is 15.8 Å². The molecule has 9 nitrogen and oxygen atoms in total. The molecule has 3 aromatic heterocycles. The van der Waals surface area contributed by atoms with Gasteiger partial charge in [0.25, 0.3) is 5.91 Å². The Morgan fingerprint density at radius 1 is 1.23 bits per heavy atom. The number of fused-ring (bicyclic) bond motifs is 1. The van der Waals surface area contributed by atoms with E-state index in [2.05, 4.69) is 30.8 Å². The standard InChI is InChI=1S/C20H22N8OS/c1-12-11-30-19-16(12)17(21)26-20(27-19)22-8-7-13(2)25-18(29)14-5-3-4-6-15(14)28-23-9-10-24-28/h3-6,9-11,13H,7-8H2,1-2H3,(H,25,29)(H3,21,22,26,27)/t13-/m1/s1. The first kappa shape index (κ1) is 19.8. The number of hydrogen-bond donors (Lipinski definition) is 3. The highest BCUT2D eigenvalue weighted by atomic mass is 32.1. The smallest absolute Gasteiger partial charge is 0.253 e. The number of aryl methyl sites for hydroxylation is 1. The fraction of sp³-hybridized carbons (Fsp3) is 0.250. The van der Waals surface area contributed by atoms with Crippen molar-refractivity contribution >= 4 is 39.2 Å². The molecule has 0 saturated carbocycles. The number of aromatic nitrogens is 5. The number of carbonyl (C=O) groups is 1. The number of amides is 1. The number of nitrogen functional groups attached to an aromatic ring is 1. The van der Waals surface area contributed by atoms with Crippen molar-refractivity contribution in [1.82, 2.24) is 30.3 Å². The van der Waals surface area contributed by atoms with Gasteiger partial charge in [0.1, 0.15) is 10.6 Å². The lowest BCUT2D eigenvalue weighted by atomic mass is 10.1. The summed E-state index contributed by atoms with van der Waals surface area (Å²) in [6.45, 7) is 4.55. The van der Waals surface area contributed by atoms with E-state index in [9.17, 15) is 4.79 Å². The van der Waals surface area contributed by atoms with Crippen LogP contribution in [0.5, 0.6) is 0 Å². The predicted molar refractivity (Wildman–Crippen MR) is 118 cm³/mol. The molecule has 1 atom stereocenters. The number of hydrogen-bond acceptors (Lipinski definition) is 8. The van der Waals surface area contributed by atoms with E-state index < -0.39 is 0 Å². The Morgan fingerprint density at radius 3 is 2.80 bits per heavy atom.